The van der Waals surface area contributed by atoms with Gasteiger partial charge in [-0.1, -0.05) is 33.6 Å². The average Bonchev–Trinajstić information content (AvgIpc) is 2.49. The van der Waals surface area contributed by atoms with Crippen LogP contribution in [0.25, 0.3) is 0 Å². The molecule has 0 unspecified atom stereocenters. The molecule has 0 saturated heterocycles. The van der Waals surface area contributed by atoms with Crippen LogP contribution in [-0.4, -0.2) is 24.6 Å². The molecule has 0 atom stereocenters. The van der Waals surface area contributed by atoms with Crippen molar-refractivity contribution in [3.8, 4) is 0 Å². The average molecular weight is 356 g/mol. The quantitative estimate of drug-likeness (QED) is 0.580. The fourth-order valence-corrected chi connectivity index (χ4v) is 2.69. The van der Waals surface area contributed by atoms with Crippen LogP contribution >= 0.6 is 15.9 Å². The molecule has 0 fully saturated rings. The summed E-state index contributed by atoms with van der Waals surface area (Å²) in [6, 6.07) is 2.20. The summed E-state index contributed by atoms with van der Waals surface area (Å²) in [6.45, 7) is 10.8. The minimum atomic E-state index is 0.893. The van der Waals surface area contributed by atoms with Crippen molar-refractivity contribution in [1.29, 1.82) is 0 Å². The third-order valence-corrected chi connectivity index (χ3v) is 3.95. The SMILES string of the molecule is CCCCN(CCCC)c1ncc(Br)cc1CNCCC. The Morgan fingerprint density at radius 1 is 1.10 bits per heavy atom. The van der Waals surface area contributed by atoms with Gasteiger partial charge in [-0.25, -0.2) is 4.98 Å². The zero-order valence-electron chi connectivity index (χ0n) is 13.8. The van der Waals surface area contributed by atoms with Gasteiger partial charge in [-0.15, -0.1) is 0 Å². The molecule has 1 N–H and O–H groups in total. The molecule has 1 rings (SSSR count). The Hall–Kier alpha value is -0.610. The molecular weight excluding hydrogens is 326 g/mol. The van der Waals surface area contributed by atoms with Gasteiger partial charge in [0, 0.05) is 35.9 Å². The highest BCUT2D eigenvalue weighted by Gasteiger charge is 2.12. The maximum atomic E-state index is 4.70. The van der Waals surface area contributed by atoms with Crippen molar-refractivity contribution in [2.45, 2.75) is 59.4 Å². The number of halogens is 1. The molecule has 0 aliphatic rings. The second kappa shape index (κ2) is 11.0. The molecule has 0 radical (unpaired) electrons. The Labute approximate surface area is 138 Å². The van der Waals surface area contributed by atoms with Crippen molar-refractivity contribution in [3.63, 3.8) is 0 Å². The molecule has 1 aromatic rings. The van der Waals surface area contributed by atoms with Crippen LogP contribution in [0.5, 0.6) is 0 Å². The lowest BCUT2D eigenvalue weighted by Crippen LogP contribution is -2.28. The molecule has 0 amide bonds. The van der Waals surface area contributed by atoms with E-state index in [1.807, 2.05) is 6.20 Å². The third-order valence-electron chi connectivity index (χ3n) is 3.51. The highest BCUT2D eigenvalue weighted by molar-refractivity contribution is 9.10. The molecule has 0 aliphatic heterocycles. The first-order chi connectivity index (χ1) is 10.2. The highest BCUT2D eigenvalue weighted by atomic mass is 79.9. The number of aromatic nitrogens is 1. The summed E-state index contributed by atoms with van der Waals surface area (Å²) in [4.78, 5) is 7.16. The molecule has 0 saturated carbocycles. The summed E-state index contributed by atoms with van der Waals surface area (Å²) in [5.74, 6) is 1.16. The molecule has 120 valence electrons. The first kappa shape index (κ1) is 18.4. The zero-order valence-corrected chi connectivity index (χ0v) is 15.4. The van der Waals surface area contributed by atoms with E-state index in [1.54, 1.807) is 0 Å². The minimum absolute atomic E-state index is 0.893. The Balaban J connectivity index is 2.87. The number of hydrogen-bond acceptors (Lipinski definition) is 3. The summed E-state index contributed by atoms with van der Waals surface area (Å²) in [5.41, 5.74) is 1.30. The van der Waals surface area contributed by atoms with E-state index in [1.165, 1.54) is 31.2 Å². The van der Waals surface area contributed by atoms with E-state index < -0.39 is 0 Å². The monoisotopic (exact) mass is 355 g/mol. The Kier molecular flexibility index (Phi) is 9.68. The summed E-state index contributed by atoms with van der Waals surface area (Å²) in [7, 11) is 0. The van der Waals surface area contributed by atoms with E-state index in [-0.39, 0.29) is 0 Å². The maximum Gasteiger partial charge on any atom is 0.133 e. The number of unbranched alkanes of at least 4 members (excludes halogenated alkanes) is 2. The molecule has 3 nitrogen and oxygen atoms in total. The lowest BCUT2D eigenvalue weighted by atomic mass is 10.2. The smallest absolute Gasteiger partial charge is 0.133 e. The van der Waals surface area contributed by atoms with E-state index in [0.29, 0.717) is 0 Å². The van der Waals surface area contributed by atoms with Crippen molar-refractivity contribution < 1.29 is 0 Å². The summed E-state index contributed by atoms with van der Waals surface area (Å²) in [6.07, 6.45) is 7.98. The van der Waals surface area contributed by atoms with Crippen LogP contribution in [0.4, 0.5) is 5.82 Å². The standard InChI is InChI=1S/C17H30BrN3/c1-4-7-10-21(11-8-5-2)17-15(13-19-9-6-3)12-16(18)14-20-17/h12,14,19H,4-11,13H2,1-3H3. The highest BCUT2D eigenvalue weighted by Crippen LogP contribution is 2.22. The van der Waals surface area contributed by atoms with Gasteiger partial charge in [-0.2, -0.15) is 0 Å². The summed E-state index contributed by atoms with van der Waals surface area (Å²) in [5, 5.41) is 3.50. The normalized spacial score (nSPS) is 10.9. The number of anilines is 1. The van der Waals surface area contributed by atoms with Gasteiger partial charge >= 0.3 is 0 Å². The first-order valence-corrected chi connectivity index (χ1v) is 9.12. The fourth-order valence-electron chi connectivity index (χ4n) is 2.31. The fraction of sp³-hybridized carbons (Fsp3) is 0.706. The van der Waals surface area contributed by atoms with Gasteiger partial charge in [-0.05, 0) is 47.8 Å². The van der Waals surface area contributed by atoms with Crippen LogP contribution in [0.3, 0.4) is 0 Å². The van der Waals surface area contributed by atoms with Gasteiger partial charge < -0.3 is 10.2 Å². The zero-order chi connectivity index (χ0) is 15.5. The van der Waals surface area contributed by atoms with Crippen LogP contribution in [-0.2, 0) is 6.54 Å². The van der Waals surface area contributed by atoms with Gasteiger partial charge in [0.05, 0.1) is 0 Å². The van der Waals surface area contributed by atoms with Crippen LogP contribution in [0.1, 0.15) is 58.4 Å². The van der Waals surface area contributed by atoms with E-state index >= 15 is 0 Å². The molecule has 0 spiro atoms. The predicted molar refractivity (Wildman–Crippen MR) is 96.0 cm³/mol. The topological polar surface area (TPSA) is 28.2 Å². The lowest BCUT2D eigenvalue weighted by molar-refractivity contribution is 0.649. The number of rotatable bonds is 11. The van der Waals surface area contributed by atoms with Crippen LogP contribution in [0, 0.1) is 0 Å². The molecule has 1 heterocycles. The van der Waals surface area contributed by atoms with Gasteiger partial charge in [0.25, 0.3) is 0 Å². The van der Waals surface area contributed by atoms with Gasteiger partial charge in [0.15, 0.2) is 0 Å². The molecule has 0 aliphatic carbocycles. The molecular formula is C17H30BrN3. The van der Waals surface area contributed by atoms with Gasteiger partial charge in [0.1, 0.15) is 5.82 Å². The molecule has 0 bridgehead atoms. The van der Waals surface area contributed by atoms with E-state index in [2.05, 4.69) is 53.0 Å². The number of pyridine rings is 1. The van der Waals surface area contributed by atoms with Crippen molar-refractivity contribution in [1.82, 2.24) is 10.3 Å². The Morgan fingerprint density at radius 2 is 1.76 bits per heavy atom. The number of nitrogens with one attached hydrogen (secondary N) is 1. The van der Waals surface area contributed by atoms with Crippen LogP contribution in [0.2, 0.25) is 0 Å². The van der Waals surface area contributed by atoms with Crippen molar-refractivity contribution in [2.75, 3.05) is 24.5 Å². The first-order valence-electron chi connectivity index (χ1n) is 8.32. The van der Waals surface area contributed by atoms with Crippen molar-refractivity contribution in [2.24, 2.45) is 0 Å². The molecule has 1 aromatic heterocycles. The Bertz CT molecular complexity index is 388. The molecule has 0 aromatic carbocycles. The number of hydrogen-bond donors (Lipinski definition) is 1. The molecule has 4 heteroatoms. The predicted octanol–water partition coefficient (Wildman–Crippen LogP) is 4.75. The molecule has 21 heavy (non-hydrogen) atoms. The summed E-state index contributed by atoms with van der Waals surface area (Å²) >= 11 is 3.55. The largest absolute Gasteiger partial charge is 0.356 e. The van der Waals surface area contributed by atoms with Crippen LogP contribution < -0.4 is 10.2 Å². The van der Waals surface area contributed by atoms with E-state index in [0.717, 1.165) is 42.9 Å². The van der Waals surface area contributed by atoms with Gasteiger partial charge in [-0.3, -0.25) is 0 Å². The third kappa shape index (κ3) is 6.79. The number of nitrogens with zero attached hydrogens (tertiary/aromatic N) is 2. The lowest BCUT2D eigenvalue weighted by Gasteiger charge is -2.26. The second-order valence-electron chi connectivity index (χ2n) is 5.51. The Morgan fingerprint density at radius 3 is 2.33 bits per heavy atom. The minimum Gasteiger partial charge on any atom is -0.356 e. The summed E-state index contributed by atoms with van der Waals surface area (Å²) < 4.78 is 1.06. The van der Waals surface area contributed by atoms with E-state index in [4.69, 9.17) is 4.98 Å². The van der Waals surface area contributed by atoms with E-state index in [9.17, 15) is 0 Å². The van der Waals surface area contributed by atoms with Crippen LogP contribution in [0.15, 0.2) is 16.7 Å². The van der Waals surface area contributed by atoms with Crippen molar-refractivity contribution in [3.05, 3.63) is 22.3 Å². The maximum absolute atomic E-state index is 4.70. The second-order valence-corrected chi connectivity index (χ2v) is 6.42. The van der Waals surface area contributed by atoms with Crippen molar-refractivity contribution >= 4 is 21.7 Å². The van der Waals surface area contributed by atoms with Gasteiger partial charge in [0.2, 0.25) is 0 Å².